The summed E-state index contributed by atoms with van der Waals surface area (Å²) in [5, 5.41) is 3.03. The van der Waals surface area contributed by atoms with E-state index in [4.69, 9.17) is 9.72 Å². The summed E-state index contributed by atoms with van der Waals surface area (Å²) >= 11 is 0. The van der Waals surface area contributed by atoms with Gasteiger partial charge in [-0.05, 0) is 43.9 Å². The van der Waals surface area contributed by atoms with E-state index < -0.39 is 0 Å². The number of nitrogens with one attached hydrogen (secondary N) is 1. The summed E-state index contributed by atoms with van der Waals surface area (Å²) in [4.78, 5) is 24.1. The molecule has 136 valence electrons. The Kier molecular flexibility index (Phi) is 4.84. The lowest BCUT2D eigenvalue weighted by Crippen LogP contribution is -2.38. The number of benzene rings is 1. The summed E-state index contributed by atoms with van der Waals surface area (Å²) < 4.78 is 5.39. The van der Waals surface area contributed by atoms with Gasteiger partial charge in [0.05, 0.1) is 13.2 Å². The molecule has 6 nitrogen and oxygen atoms in total. The van der Waals surface area contributed by atoms with Crippen molar-refractivity contribution in [3.8, 4) is 0 Å². The van der Waals surface area contributed by atoms with Crippen molar-refractivity contribution in [1.82, 2.24) is 9.97 Å². The molecular weight excluding hydrogens is 328 g/mol. The van der Waals surface area contributed by atoms with E-state index in [-0.39, 0.29) is 11.8 Å². The largest absolute Gasteiger partial charge is 0.378 e. The van der Waals surface area contributed by atoms with Crippen molar-refractivity contribution < 1.29 is 9.53 Å². The highest BCUT2D eigenvalue weighted by atomic mass is 16.5. The number of hydrogen-bond donors (Lipinski definition) is 1. The number of nitrogens with zero attached hydrogens (tertiary/aromatic N) is 3. The molecule has 1 aliphatic heterocycles. The first-order valence-electron chi connectivity index (χ1n) is 9.24. The van der Waals surface area contributed by atoms with Gasteiger partial charge in [0, 0.05) is 36.6 Å². The van der Waals surface area contributed by atoms with Crippen molar-refractivity contribution in [3.63, 3.8) is 0 Å². The quantitative estimate of drug-likeness (QED) is 0.918. The van der Waals surface area contributed by atoms with E-state index in [2.05, 4.69) is 15.2 Å². The second-order valence-corrected chi connectivity index (χ2v) is 7.04. The van der Waals surface area contributed by atoms with Crippen molar-refractivity contribution in [2.24, 2.45) is 5.92 Å². The average molecular weight is 352 g/mol. The minimum atomic E-state index is -0.0263. The fourth-order valence-electron chi connectivity index (χ4n) is 3.52. The van der Waals surface area contributed by atoms with Gasteiger partial charge in [-0.3, -0.25) is 4.79 Å². The molecule has 2 aliphatic rings. The van der Waals surface area contributed by atoms with E-state index in [0.717, 1.165) is 62.0 Å². The molecule has 0 radical (unpaired) electrons. The summed E-state index contributed by atoms with van der Waals surface area (Å²) in [5.74, 6) is 0.841. The van der Waals surface area contributed by atoms with Crippen LogP contribution >= 0.6 is 0 Å². The Bertz CT molecular complexity index is 785. The summed E-state index contributed by atoms with van der Waals surface area (Å²) in [5.41, 5.74) is 4.21. The SMILES string of the molecule is Cc1ccc(NC(=O)C2CCc3nc(N4CCOCC4)ncc3C2)cc1. The number of morpholine rings is 1. The van der Waals surface area contributed by atoms with Crippen molar-refractivity contribution in [2.75, 3.05) is 36.5 Å². The fraction of sp³-hybridized carbons (Fsp3) is 0.450. The maximum atomic E-state index is 12.6. The van der Waals surface area contributed by atoms with E-state index in [1.165, 1.54) is 5.56 Å². The molecule has 1 aromatic carbocycles. The van der Waals surface area contributed by atoms with Gasteiger partial charge in [0.25, 0.3) is 0 Å². The number of anilines is 2. The standard InChI is InChI=1S/C20H24N4O2/c1-14-2-5-17(6-3-14)22-19(25)15-4-7-18-16(12-15)13-21-20(23-18)24-8-10-26-11-9-24/h2-3,5-6,13,15H,4,7-12H2,1H3,(H,22,25). The van der Waals surface area contributed by atoms with E-state index in [1.807, 2.05) is 37.4 Å². The van der Waals surface area contributed by atoms with Gasteiger partial charge in [0.1, 0.15) is 0 Å². The normalized spacial score (nSPS) is 19.7. The predicted octanol–water partition coefficient (Wildman–Crippen LogP) is 2.37. The third kappa shape index (κ3) is 3.70. The number of hydrogen-bond acceptors (Lipinski definition) is 5. The molecule has 1 N–H and O–H groups in total. The summed E-state index contributed by atoms with van der Waals surface area (Å²) in [7, 11) is 0. The van der Waals surface area contributed by atoms with Gasteiger partial charge < -0.3 is 15.0 Å². The van der Waals surface area contributed by atoms with Gasteiger partial charge in [-0.1, -0.05) is 17.7 Å². The number of fused-ring (bicyclic) bond motifs is 1. The Morgan fingerprint density at radius 3 is 2.77 bits per heavy atom. The van der Waals surface area contributed by atoms with Crippen LogP contribution in [0, 0.1) is 12.8 Å². The zero-order chi connectivity index (χ0) is 17.9. The molecule has 1 aliphatic carbocycles. The van der Waals surface area contributed by atoms with Crippen LogP contribution in [0.1, 0.15) is 23.2 Å². The predicted molar refractivity (Wildman–Crippen MR) is 100 cm³/mol. The molecule has 2 heterocycles. The van der Waals surface area contributed by atoms with E-state index >= 15 is 0 Å². The first kappa shape index (κ1) is 17.0. The van der Waals surface area contributed by atoms with Crippen molar-refractivity contribution in [3.05, 3.63) is 47.3 Å². The minimum Gasteiger partial charge on any atom is -0.378 e. The first-order valence-corrected chi connectivity index (χ1v) is 9.24. The summed E-state index contributed by atoms with van der Waals surface area (Å²) in [6.45, 7) is 5.15. The molecule has 0 saturated carbocycles. The van der Waals surface area contributed by atoms with Crippen LogP contribution in [0.15, 0.2) is 30.5 Å². The smallest absolute Gasteiger partial charge is 0.227 e. The Balaban J connectivity index is 1.42. The van der Waals surface area contributed by atoms with Crippen LogP contribution < -0.4 is 10.2 Å². The molecule has 1 unspecified atom stereocenters. The lowest BCUT2D eigenvalue weighted by Gasteiger charge is -2.28. The number of aromatic nitrogens is 2. The van der Waals surface area contributed by atoms with Gasteiger partial charge in [-0.2, -0.15) is 0 Å². The summed E-state index contributed by atoms with van der Waals surface area (Å²) in [6, 6.07) is 7.91. The van der Waals surface area contributed by atoms with Crippen LogP contribution in [0.25, 0.3) is 0 Å². The maximum Gasteiger partial charge on any atom is 0.227 e. The highest BCUT2D eigenvalue weighted by molar-refractivity contribution is 5.92. The number of rotatable bonds is 3. The second kappa shape index (κ2) is 7.41. The van der Waals surface area contributed by atoms with Crippen LogP contribution in [0.3, 0.4) is 0 Å². The van der Waals surface area contributed by atoms with Gasteiger partial charge >= 0.3 is 0 Å². The zero-order valence-electron chi connectivity index (χ0n) is 15.1. The van der Waals surface area contributed by atoms with Crippen molar-refractivity contribution >= 4 is 17.5 Å². The molecule has 0 spiro atoms. The monoisotopic (exact) mass is 352 g/mol. The van der Waals surface area contributed by atoms with Crippen molar-refractivity contribution in [2.45, 2.75) is 26.2 Å². The molecule has 1 atom stereocenters. The molecule has 1 amide bonds. The number of carbonyl (C=O) groups excluding carboxylic acids is 1. The lowest BCUT2D eigenvalue weighted by atomic mass is 9.86. The molecule has 1 saturated heterocycles. The number of amides is 1. The molecule has 0 bridgehead atoms. The van der Waals surface area contributed by atoms with Gasteiger partial charge in [0.15, 0.2) is 0 Å². The summed E-state index contributed by atoms with van der Waals surface area (Å²) in [6.07, 6.45) is 4.25. The van der Waals surface area contributed by atoms with Crippen molar-refractivity contribution in [1.29, 1.82) is 0 Å². The third-order valence-corrected chi connectivity index (χ3v) is 5.12. The molecule has 26 heavy (non-hydrogen) atoms. The number of ether oxygens (including phenoxy) is 1. The Labute approximate surface area is 153 Å². The van der Waals surface area contributed by atoms with Crippen LogP contribution in [-0.4, -0.2) is 42.2 Å². The van der Waals surface area contributed by atoms with Crippen LogP contribution in [0.5, 0.6) is 0 Å². The topological polar surface area (TPSA) is 67.4 Å². The second-order valence-electron chi connectivity index (χ2n) is 7.04. The molecular formula is C20H24N4O2. The van der Waals surface area contributed by atoms with Crippen LogP contribution in [0.4, 0.5) is 11.6 Å². The highest BCUT2D eigenvalue weighted by Crippen LogP contribution is 2.26. The Morgan fingerprint density at radius 1 is 1.23 bits per heavy atom. The van der Waals surface area contributed by atoms with Gasteiger partial charge in [-0.15, -0.1) is 0 Å². The number of aryl methyl sites for hydroxylation is 2. The van der Waals surface area contributed by atoms with Crippen LogP contribution in [0.2, 0.25) is 0 Å². The van der Waals surface area contributed by atoms with E-state index in [9.17, 15) is 4.79 Å². The van der Waals surface area contributed by atoms with Crippen LogP contribution in [-0.2, 0) is 22.4 Å². The highest BCUT2D eigenvalue weighted by Gasteiger charge is 2.27. The maximum absolute atomic E-state index is 12.6. The van der Waals surface area contributed by atoms with E-state index in [0.29, 0.717) is 6.42 Å². The molecule has 2 aromatic rings. The average Bonchev–Trinajstić information content (AvgIpc) is 2.69. The molecule has 1 aromatic heterocycles. The fourth-order valence-corrected chi connectivity index (χ4v) is 3.52. The molecule has 1 fully saturated rings. The minimum absolute atomic E-state index is 0.0263. The zero-order valence-corrected chi connectivity index (χ0v) is 15.1. The molecule has 6 heteroatoms. The first-order chi connectivity index (χ1) is 12.7. The Morgan fingerprint density at radius 2 is 2.00 bits per heavy atom. The number of carbonyl (C=O) groups is 1. The van der Waals surface area contributed by atoms with Gasteiger partial charge in [0.2, 0.25) is 11.9 Å². The van der Waals surface area contributed by atoms with E-state index in [1.54, 1.807) is 0 Å². The van der Waals surface area contributed by atoms with Gasteiger partial charge in [-0.25, -0.2) is 9.97 Å². The molecule has 4 rings (SSSR count). The third-order valence-electron chi connectivity index (χ3n) is 5.12. The Hall–Kier alpha value is -2.47. The lowest BCUT2D eigenvalue weighted by molar-refractivity contribution is -0.120.